The number of ketones is 1. The highest BCUT2D eigenvalue weighted by Crippen LogP contribution is 2.29. The van der Waals surface area contributed by atoms with Gasteiger partial charge in [-0.3, -0.25) is 19.7 Å². The molecular weight excluding hydrogens is 262 g/mol. The molecular formula is C14H17NO5. The van der Waals surface area contributed by atoms with Crippen LogP contribution in [0.1, 0.15) is 43.1 Å². The van der Waals surface area contributed by atoms with Crippen molar-refractivity contribution in [3.63, 3.8) is 0 Å². The molecule has 20 heavy (non-hydrogen) atoms. The summed E-state index contributed by atoms with van der Waals surface area (Å²) in [5, 5.41) is 19.8. The number of carboxylic acid groups (broad SMARTS) is 1. The number of hydrogen-bond acceptors (Lipinski definition) is 4. The number of aryl methyl sites for hydroxylation is 1. The number of carbonyl (C=O) groups is 2. The molecule has 1 aromatic rings. The number of benzene rings is 1. The minimum absolute atomic E-state index is 0.107. The summed E-state index contributed by atoms with van der Waals surface area (Å²) in [5.74, 6) is -1.49. The molecule has 0 saturated heterocycles. The highest BCUT2D eigenvalue weighted by atomic mass is 16.6. The number of hydrogen-bond donors (Lipinski definition) is 1. The lowest BCUT2D eigenvalue weighted by Gasteiger charge is -2.20. The van der Waals surface area contributed by atoms with E-state index in [9.17, 15) is 19.7 Å². The molecule has 1 rings (SSSR count). The molecule has 0 aromatic heterocycles. The maximum atomic E-state index is 12.3. The lowest BCUT2D eigenvalue weighted by Crippen LogP contribution is -2.27. The second-order valence-electron chi connectivity index (χ2n) is 5.24. The van der Waals surface area contributed by atoms with E-state index in [2.05, 4.69) is 0 Å². The molecule has 6 heteroatoms. The van der Waals surface area contributed by atoms with Crippen LogP contribution in [0, 0.1) is 15.5 Å². The fourth-order valence-corrected chi connectivity index (χ4v) is 2.02. The normalized spacial score (nSPS) is 11.2. The van der Waals surface area contributed by atoms with Gasteiger partial charge in [-0.15, -0.1) is 0 Å². The molecule has 0 aliphatic rings. The standard InChI is InChI=1S/C14H17NO5/c1-4-9-5-6-10(7-11(9)15(19)20)13(18)14(2,3)8-12(16)17/h5-7H,4,8H2,1-3H3,(H,16,17). The van der Waals surface area contributed by atoms with Gasteiger partial charge in [0.15, 0.2) is 5.78 Å². The van der Waals surface area contributed by atoms with E-state index in [1.807, 2.05) is 0 Å². The van der Waals surface area contributed by atoms with Gasteiger partial charge in [0.25, 0.3) is 5.69 Å². The summed E-state index contributed by atoms with van der Waals surface area (Å²) in [7, 11) is 0. The van der Waals surface area contributed by atoms with Crippen molar-refractivity contribution in [2.24, 2.45) is 5.41 Å². The third kappa shape index (κ3) is 3.40. The van der Waals surface area contributed by atoms with E-state index in [0.29, 0.717) is 12.0 Å². The van der Waals surface area contributed by atoms with E-state index in [-0.39, 0.29) is 17.7 Å². The number of rotatable bonds is 6. The van der Waals surface area contributed by atoms with Crippen LogP contribution < -0.4 is 0 Å². The Morgan fingerprint density at radius 1 is 1.35 bits per heavy atom. The van der Waals surface area contributed by atoms with Crippen LogP contribution >= 0.6 is 0 Å². The third-order valence-electron chi connectivity index (χ3n) is 3.13. The van der Waals surface area contributed by atoms with Crippen LogP contribution in [-0.4, -0.2) is 21.8 Å². The van der Waals surface area contributed by atoms with Gasteiger partial charge in [0.05, 0.1) is 11.3 Å². The average molecular weight is 279 g/mol. The Hall–Kier alpha value is -2.24. The Bertz CT molecular complexity index is 563. The predicted octanol–water partition coefficient (Wildman–Crippen LogP) is 2.84. The Morgan fingerprint density at radius 3 is 2.40 bits per heavy atom. The molecule has 0 heterocycles. The van der Waals surface area contributed by atoms with Crippen LogP contribution in [0.4, 0.5) is 5.69 Å². The first-order chi connectivity index (χ1) is 9.19. The molecule has 0 saturated carbocycles. The Morgan fingerprint density at radius 2 is 1.95 bits per heavy atom. The summed E-state index contributed by atoms with van der Waals surface area (Å²) in [6.07, 6.45) is 0.165. The second-order valence-corrected chi connectivity index (χ2v) is 5.24. The predicted molar refractivity (Wildman–Crippen MR) is 72.8 cm³/mol. The minimum atomic E-state index is -1.10. The van der Waals surface area contributed by atoms with Crippen molar-refractivity contribution < 1.29 is 19.6 Å². The summed E-state index contributed by atoms with van der Waals surface area (Å²) in [5.41, 5.74) is -0.500. The van der Waals surface area contributed by atoms with Crippen LogP contribution in [0.2, 0.25) is 0 Å². The van der Waals surface area contributed by atoms with E-state index in [1.165, 1.54) is 26.0 Å². The molecule has 0 fully saturated rings. The maximum Gasteiger partial charge on any atom is 0.304 e. The molecule has 0 aliphatic heterocycles. The topological polar surface area (TPSA) is 97.5 Å². The molecule has 0 bridgehead atoms. The van der Waals surface area contributed by atoms with Crippen molar-refractivity contribution in [1.82, 2.24) is 0 Å². The molecule has 0 radical (unpaired) electrons. The highest BCUT2D eigenvalue weighted by Gasteiger charge is 2.32. The van der Waals surface area contributed by atoms with Crippen molar-refractivity contribution in [3.8, 4) is 0 Å². The fourth-order valence-electron chi connectivity index (χ4n) is 2.02. The maximum absolute atomic E-state index is 12.3. The van der Waals surface area contributed by atoms with Crippen LogP contribution in [0.3, 0.4) is 0 Å². The quantitative estimate of drug-likeness (QED) is 0.490. The van der Waals surface area contributed by atoms with Gasteiger partial charge in [-0.25, -0.2) is 0 Å². The van der Waals surface area contributed by atoms with E-state index in [4.69, 9.17) is 5.11 Å². The van der Waals surface area contributed by atoms with Crippen LogP contribution in [0.5, 0.6) is 0 Å². The summed E-state index contributed by atoms with van der Waals surface area (Å²) in [6, 6.07) is 4.28. The van der Waals surface area contributed by atoms with Crippen LogP contribution in [-0.2, 0) is 11.2 Å². The van der Waals surface area contributed by atoms with Gasteiger partial charge in [0.1, 0.15) is 0 Å². The zero-order valence-electron chi connectivity index (χ0n) is 11.7. The minimum Gasteiger partial charge on any atom is -0.481 e. The van der Waals surface area contributed by atoms with E-state index in [1.54, 1.807) is 13.0 Å². The zero-order valence-corrected chi connectivity index (χ0v) is 11.7. The second kappa shape index (κ2) is 5.81. The number of nitro benzene ring substituents is 1. The molecule has 1 aromatic carbocycles. The highest BCUT2D eigenvalue weighted by molar-refractivity contribution is 6.02. The Labute approximate surface area is 116 Å². The van der Waals surface area contributed by atoms with Crippen molar-refractivity contribution in [2.75, 3.05) is 0 Å². The third-order valence-corrected chi connectivity index (χ3v) is 3.13. The largest absolute Gasteiger partial charge is 0.481 e. The zero-order chi connectivity index (χ0) is 15.5. The monoisotopic (exact) mass is 279 g/mol. The summed E-state index contributed by atoms with van der Waals surface area (Å²) in [4.78, 5) is 33.5. The van der Waals surface area contributed by atoms with Crippen molar-refractivity contribution >= 4 is 17.4 Å². The van der Waals surface area contributed by atoms with Gasteiger partial charge >= 0.3 is 5.97 Å². The SMILES string of the molecule is CCc1ccc(C(=O)C(C)(C)CC(=O)O)cc1[N+](=O)[O-]. The Balaban J connectivity index is 3.20. The summed E-state index contributed by atoms with van der Waals surface area (Å²) in [6.45, 7) is 4.82. The molecule has 1 N–H and O–H groups in total. The molecule has 0 unspecified atom stereocenters. The average Bonchev–Trinajstić information content (AvgIpc) is 2.35. The molecule has 0 amide bonds. The van der Waals surface area contributed by atoms with Gasteiger partial charge in [0.2, 0.25) is 0 Å². The molecule has 0 aliphatic carbocycles. The number of nitrogens with zero attached hydrogens (tertiary/aromatic N) is 1. The van der Waals surface area contributed by atoms with Gasteiger partial charge in [-0.05, 0) is 6.42 Å². The van der Waals surface area contributed by atoms with Crippen LogP contribution in [0.15, 0.2) is 18.2 Å². The van der Waals surface area contributed by atoms with Crippen LogP contribution in [0.25, 0.3) is 0 Å². The van der Waals surface area contributed by atoms with Gasteiger partial charge < -0.3 is 5.11 Å². The molecule has 6 nitrogen and oxygen atoms in total. The van der Waals surface area contributed by atoms with E-state index in [0.717, 1.165) is 0 Å². The van der Waals surface area contributed by atoms with E-state index >= 15 is 0 Å². The first-order valence-corrected chi connectivity index (χ1v) is 6.23. The first-order valence-electron chi connectivity index (χ1n) is 6.23. The van der Waals surface area contributed by atoms with Crippen molar-refractivity contribution in [2.45, 2.75) is 33.6 Å². The van der Waals surface area contributed by atoms with Crippen molar-refractivity contribution in [1.29, 1.82) is 0 Å². The summed E-state index contributed by atoms with van der Waals surface area (Å²) < 4.78 is 0. The smallest absolute Gasteiger partial charge is 0.304 e. The summed E-state index contributed by atoms with van der Waals surface area (Å²) >= 11 is 0. The molecule has 0 spiro atoms. The number of carbonyl (C=O) groups excluding carboxylic acids is 1. The Kier molecular flexibility index (Phi) is 4.60. The van der Waals surface area contributed by atoms with Gasteiger partial charge in [0, 0.05) is 22.6 Å². The van der Waals surface area contributed by atoms with Gasteiger partial charge in [-0.2, -0.15) is 0 Å². The lowest BCUT2D eigenvalue weighted by molar-refractivity contribution is -0.385. The number of aliphatic carboxylic acids is 1. The van der Waals surface area contributed by atoms with Gasteiger partial charge in [-0.1, -0.05) is 32.9 Å². The van der Waals surface area contributed by atoms with Crippen molar-refractivity contribution in [3.05, 3.63) is 39.4 Å². The molecule has 108 valence electrons. The lowest BCUT2D eigenvalue weighted by atomic mass is 9.81. The fraction of sp³-hybridized carbons (Fsp3) is 0.429. The number of Topliss-reactive ketones (excluding diaryl/α,β-unsaturated/α-hetero) is 1. The van der Waals surface area contributed by atoms with E-state index < -0.39 is 22.1 Å². The number of carboxylic acids is 1. The number of nitro groups is 1. The molecule has 0 atom stereocenters. The first kappa shape index (κ1) is 15.8.